The molecule has 1 atom stereocenters. The molecule has 0 bridgehead atoms. The van der Waals surface area contributed by atoms with Crippen LogP contribution in [0.2, 0.25) is 0 Å². The van der Waals surface area contributed by atoms with Crippen molar-refractivity contribution in [3.8, 4) is 0 Å². The molecule has 3 rings (SSSR count). The molecule has 0 spiro atoms. The van der Waals surface area contributed by atoms with Crippen LogP contribution in [-0.2, 0) is 16.0 Å². The normalized spacial score (nSPS) is 16.6. The lowest BCUT2D eigenvalue weighted by Gasteiger charge is -2.23. The molecular formula is C16H11F2NO3. The molecule has 0 radical (unpaired) electrons. The number of hydrogen-bond acceptors (Lipinski definition) is 3. The van der Waals surface area contributed by atoms with Crippen molar-refractivity contribution in [2.45, 2.75) is 12.5 Å². The number of nitrogens with one attached hydrogen (secondary N) is 1. The molecule has 0 aromatic heterocycles. The van der Waals surface area contributed by atoms with E-state index in [-0.39, 0.29) is 17.7 Å². The van der Waals surface area contributed by atoms with E-state index < -0.39 is 29.6 Å². The molecular weight excluding hydrogens is 292 g/mol. The number of ether oxygens (including phenoxy) is 1. The van der Waals surface area contributed by atoms with Gasteiger partial charge in [0.25, 0.3) is 5.91 Å². The van der Waals surface area contributed by atoms with Gasteiger partial charge in [-0.1, -0.05) is 12.1 Å². The summed E-state index contributed by atoms with van der Waals surface area (Å²) < 4.78 is 31.8. The Labute approximate surface area is 124 Å². The van der Waals surface area contributed by atoms with E-state index in [4.69, 9.17) is 4.74 Å². The van der Waals surface area contributed by atoms with Crippen molar-refractivity contribution in [3.63, 3.8) is 0 Å². The van der Waals surface area contributed by atoms with Gasteiger partial charge in [-0.15, -0.1) is 0 Å². The predicted octanol–water partition coefficient (Wildman–Crippen LogP) is 2.69. The lowest BCUT2D eigenvalue weighted by molar-refractivity contribution is -0.125. The Kier molecular flexibility index (Phi) is 3.58. The quantitative estimate of drug-likeness (QED) is 0.868. The highest BCUT2D eigenvalue weighted by Gasteiger charge is 2.31. The van der Waals surface area contributed by atoms with Crippen molar-refractivity contribution in [2.24, 2.45) is 0 Å². The second-order valence-electron chi connectivity index (χ2n) is 4.87. The van der Waals surface area contributed by atoms with Gasteiger partial charge < -0.3 is 10.1 Å². The zero-order chi connectivity index (χ0) is 15.7. The molecule has 1 amide bonds. The van der Waals surface area contributed by atoms with E-state index in [0.717, 1.165) is 6.07 Å². The lowest BCUT2D eigenvalue weighted by atomic mass is 9.98. The van der Waals surface area contributed by atoms with Crippen LogP contribution in [-0.4, -0.2) is 18.0 Å². The average molecular weight is 303 g/mol. The van der Waals surface area contributed by atoms with Crippen LogP contribution in [0.25, 0.3) is 0 Å². The maximum Gasteiger partial charge on any atom is 0.339 e. The zero-order valence-electron chi connectivity index (χ0n) is 11.3. The summed E-state index contributed by atoms with van der Waals surface area (Å²) in [7, 11) is 0. The first-order valence-corrected chi connectivity index (χ1v) is 6.59. The van der Waals surface area contributed by atoms with Crippen LogP contribution in [0.15, 0.2) is 42.5 Å². The number of esters is 1. The molecule has 4 nitrogen and oxygen atoms in total. The highest BCUT2D eigenvalue weighted by Crippen LogP contribution is 2.23. The van der Waals surface area contributed by atoms with E-state index in [0.29, 0.717) is 5.56 Å². The summed E-state index contributed by atoms with van der Waals surface area (Å²) in [6, 6.07) is 9.32. The number of carbonyl (C=O) groups is 2. The minimum atomic E-state index is -1.12. The first-order valence-electron chi connectivity index (χ1n) is 6.59. The van der Waals surface area contributed by atoms with E-state index >= 15 is 0 Å². The Morgan fingerprint density at radius 2 is 1.95 bits per heavy atom. The Hall–Kier alpha value is -2.76. The number of amides is 1. The van der Waals surface area contributed by atoms with Crippen LogP contribution >= 0.6 is 0 Å². The van der Waals surface area contributed by atoms with Crippen molar-refractivity contribution in [3.05, 3.63) is 65.2 Å². The Morgan fingerprint density at radius 1 is 1.18 bits per heavy atom. The number of benzene rings is 2. The molecule has 22 heavy (non-hydrogen) atoms. The number of halogens is 2. The number of fused-ring (bicyclic) bond motifs is 1. The molecule has 1 heterocycles. The summed E-state index contributed by atoms with van der Waals surface area (Å²) in [4.78, 5) is 23.9. The summed E-state index contributed by atoms with van der Waals surface area (Å²) in [5, 5.41) is 2.36. The summed E-state index contributed by atoms with van der Waals surface area (Å²) in [5.41, 5.74) is 0.620. The largest absolute Gasteiger partial charge is 0.448 e. The van der Waals surface area contributed by atoms with Crippen LogP contribution in [0, 0.1) is 11.6 Å². The molecule has 1 unspecified atom stereocenters. The van der Waals surface area contributed by atoms with Crippen LogP contribution in [0.4, 0.5) is 14.5 Å². The van der Waals surface area contributed by atoms with Gasteiger partial charge in [0.05, 0.1) is 11.3 Å². The summed E-state index contributed by atoms with van der Waals surface area (Å²) in [6.07, 6.45) is -1.08. The fraction of sp³-hybridized carbons (Fsp3) is 0.125. The van der Waals surface area contributed by atoms with Crippen LogP contribution in [0.3, 0.4) is 0 Å². The van der Waals surface area contributed by atoms with Gasteiger partial charge in [0.2, 0.25) is 0 Å². The van der Waals surface area contributed by atoms with Gasteiger partial charge in [-0.3, -0.25) is 4.79 Å². The standard InChI is InChI=1S/C16H11F2NO3/c17-10-5-6-11-9(7-10)8-14(22-16(11)21)15(20)19-13-4-2-1-3-12(13)18/h1-7,14H,8H2,(H,19,20). The first kappa shape index (κ1) is 14.2. The molecule has 1 aliphatic heterocycles. The molecule has 0 saturated heterocycles. The van der Waals surface area contributed by atoms with E-state index in [1.807, 2.05) is 0 Å². The van der Waals surface area contributed by atoms with Crippen molar-refractivity contribution in [1.29, 1.82) is 0 Å². The Bertz CT molecular complexity index is 761. The van der Waals surface area contributed by atoms with Crippen LogP contribution < -0.4 is 5.32 Å². The monoisotopic (exact) mass is 303 g/mol. The zero-order valence-corrected chi connectivity index (χ0v) is 11.3. The fourth-order valence-electron chi connectivity index (χ4n) is 2.29. The SMILES string of the molecule is O=C1OC(C(=O)Nc2ccccc2F)Cc2cc(F)ccc21. The van der Waals surface area contributed by atoms with Crippen molar-refractivity contribution in [2.75, 3.05) is 5.32 Å². The number of cyclic esters (lactones) is 1. The first-order chi connectivity index (χ1) is 10.5. The fourth-order valence-corrected chi connectivity index (χ4v) is 2.29. The maximum absolute atomic E-state index is 13.5. The van der Waals surface area contributed by atoms with Crippen molar-refractivity contribution >= 4 is 17.6 Å². The summed E-state index contributed by atoms with van der Waals surface area (Å²) >= 11 is 0. The van der Waals surface area contributed by atoms with Gasteiger partial charge in [0.15, 0.2) is 6.10 Å². The molecule has 1 N–H and O–H groups in total. The average Bonchev–Trinajstić information content (AvgIpc) is 2.49. The smallest absolute Gasteiger partial charge is 0.339 e. The second kappa shape index (κ2) is 5.55. The molecule has 0 fully saturated rings. The summed E-state index contributed by atoms with van der Waals surface area (Å²) in [5.74, 6) is -2.45. The third kappa shape index (κ3) is 2.67. The van der Waals surface area contributed by atoms with E-state index in [9.17, 15) is 18.4 Å². The van der Waals surface area contributed by atoms with E-state index in [2.05, 4.69) is 5.32 Å². The molecule has 1 aliphatic rings. The van der Waals surface area contributed by atoms with Gasteiger partial charge in [-0.05, 0) is 35.9 Å². The van der Waals surface area contributed by atoms with Gasteiger partial charge in [0, 0.05) is 6.42 Å². The number of rotatable bonds is 2. The van der Waals surface area contributed by atoms with E-state index in [1.54, 1.807) is 6.07 Å². The molecule has 112 valence electrons. The minimum absolute atomic E-state index is 0.00594. The highest BCUT2D eigenvalue weighted by molar-refractivity contribution is 6.00. The third-order valence-corrected chi connectivity index (χ3v) is 3.37. The number of para-hydroxylation sites is 1. The van der Waals surface area contributed by atoms with Gasteiger partial charge in [-0.2, -0.15) is 0 Å². The Morgan fingerprint density at radius 3 is 2.73 bits per heavy atom. The lowest BCUT2D eigenvalue weighted by Crippen LogP contribution is -2.38. The topological polar surface area (TPSA) is 55.4 Å². The summed E-state index contributed by atoms with van der Waals surface area (Å²) in [6.45, 7) is 0. The van der Waals surface area contributed by atoms with Gasteiger partial charge in [-0.25, -0.2) is 13.6 Å². The molecule has 2 aromatic rings. The Balaban J connectivity index is 1.80. The van der Waals surface area contributed by atoms with Crippen molar-refractivity contribution in [1.82, 2.24) is 0 Å². The molecule has 0 aliphatic carbocycles. The number of anilines is 1. The third-order valence-electron chi connectivity index (χ3n) is 3.37. The van der Waals surface area contributed by atoms with E-state index in [1.165, 1.54) is 30.3 Å². The van der Waals surface area contributed by atoms with Gasteiger partial charge in [0.1, 0.15) is 11.6 Å². The predicted molar refractivity (Wildman–Crippen MR) is 74.3 cm³/mol. The molecule has 0 saturated carbocycles. The second-order valence-corrected chi connectivity index (χ2v) is 4.87. The van der Waals surface area contributed by atoms with Crippen LogP contribution in [0.5, 0.6) is 0 Å². The molecule has 2 aromatic carbocycles. The van der Waals surface area contributed by atoms with Crippen molar-refractivity contribution < 1.29 is 23.1 Å². The molecule has 6 heteroatoms. The van der Waals surface area contributed by atoms with Crippen LogP contribution in [0.1, 0.15) is 15.9 Å². The number of hydrogen-bond donors (Lipinski definition) is 1. The van der Waals surface area contributed by atoms with Gasteiger partial charge >= 0.3 is 5.97 Å². The highest BCUT2D eigenvalue weighted by atomic mass is 19.1. The maximum atomic E-state index is 13.5. The minimum Gasteiger partial charge on any atom is -0.448 e. The number of carbonyl (C=O) groups excluding carboxylic acids is 2.